The molecule has 0 saturated carbocycles. The lowest BCUT2D eigenvalue weighted by atomic mass is 10.3. The fourth-order valence-corrected chi connectivity index (χ4v) is 1.98. The van der Waals surface area contributed by atoms with E-state index in [0.29, 0.717) is 0 Å². The van der Waals surface area contributed by atoms with Gasteiger partial charge in [-0.25, -0.2) is 0 Å². The van der Waals surface area contributed by atoms with Crippen molar-refractivity contribution in [2.24, 2.45) is 0 Å². The largest absolute Gasteiger partial charge is 0.395 e. The maximum Gasteiger partial charge on any atom is 0.232 e. The van der Waals surface area contributed by atoms with Gasteiger partial charge in [-0.2, -0.15) is 0 Å². The Morgan fingerprint density at radius 2 is 2.14 bits per heavy atom. The van der Waals surface area contributed by atoms with Gasteiger partial charge < -0.3 is 10.4 Å². The molecule has 0 bridgehead atoms. The minimum atomic E-state index is -0.0750. The van der Waals surface area contributed by atoms with Crippen molar-refractivity contribution in [1.82, 2.24) is 5.32 Å². The Morgan fingerprint density at radius 1 is 1.50 bits per heavy atom. The van der Waals surface area contributed by atoms with Gasteiger partial charge in [-0.1, -0.05) is 20.3 Å². The van der Waals surface area contributed by atoms with Gasteiger partial charge in [0, 0.05) is 11.8 Å². The summed E-state index contributed by atoms with van der Waals surface area (Å²) in [6, 6.07) is 0. The van der Waals surface area contributed by atoms with Crippen LogP contribution in [0, 0.1) is 0 Å². The van der Waals surface area contributed by atoms with Crippen LogP contribution in [0.2, 0.25) is 0 Å². The smallest absolute Gasteiger partial charge is 0.232 e. The van der Waals surface area contributed by atoms with E-state index in [1.807, 2.05) is 13.8 Å². The fourth-order valence-electron chi connectivity index (χ4n) is 0.985. The van der Waals surface area contributed by atoms with Crippen molar-refractivity contribution in [3.05, 3.63) is 0 Å². The van der Waals surface area contributed by atoms with Crippen LogP contribution in [-0.2, 0) is 4.79 Å². The molecule has 0 aliphatic heterocycles. The van der Waals surface area contributed by atoms with E-state index in [1.54, 1.807) is 0 Å². The second-order valence-corrected chi connectivity index (χ2v) is 5.20. The highest BCUT2D eigenvalue weighted by Crippen LogP contribution is 2.16. The van der Waals surface area contributed by atoms with Crippen molar-refractivity contribution in [3.63, 3.8) is 0 Å². The third-order valence-corrected chi connectivity index (χ3v) is 3.13. The molecule has 84 valence electrons. The molecular weight excluding hydrogens is 198 g/mol. The average molecular weight is 219 g/mol. The molecule has 0 aromatic heterocycles. The fraction of sp³-hybridized carbons (Fsp3) is 0.900. The molecule has 0 aliphatic carbocycles. The number of hydrogen-bond donors (Lipinski definition) is 2. The number of aliphatic hydroxyl groups excluding tert-OH is 1. The molecule has 0 aromatic carbocycles. The third kappa shape index (κ3) is 6.27. The monoisotopic (exact) mass is 219 g/mol. The zero-order valence-corrected chi connectivity index (χ0v) is 10.1. The van der Waals surface area contributed by atoms with Crippen molar-refractivity contribution in [3.8, 4) is 0 Å². The van der Waals surface area contributed by atoms with Crippen LogP contribution in [0.1, 0.15) is 33.6 Å². The molecule has 0 spiro atoms. The Balaban J connectivity index is 3.64. The van der Waals surface area contributed by atoms with E-state index in [0.717, 1.165) is 19.4 Å². The molecule has 0 saturated heterocycles. The third-order valence-electron chi connectivity index (χ3n) is 1.89. The minimum absolute atomic E-state index is 0.0729. The van der Waals surface area contributed by atoms with E-state index in [1.165, 1.54) is 11.8 Å². The lowest BCUT2D eigenvalue weighted by molar-refractivity contribution is -0.120. The number of unbranched alkanes of at least 4 members (excludes halogenated alkanes) is 1. The molecule has 3 nitrogen and oxygen atoms in total. The number of nitrogens with one attached hydrogen (secondary N) is 1. The normalized spacial score (nSPS) is 14.9. The molecule has 2 N–H and O–H groups in total. The molecule has 0 heterocycles. The van der Waals surface area contributed by atoms with Crippen molar-refractivity contribution < 1.29 is 9.90 Å². The van der Waals surface area contributed by atoms with Gasteiger partial charge in [0.2, 0.25) is 5.91 Å². The van der Waals surface area contributed by atoms with Crippen LogP contribution in [-0.4, -0.2) is 34.7 Å². The topological polar surface area (TPSA) is 49.3 Å². The first kappa shape index (κ1) is 13.8. The number of carbonyl (C=O) groups is 1. The molecule has 1 amide bonds. The first-order valence-corrected chi connectivity index (χ1v) is 6.10. The summed E-state index contributed by atoms with van der Waals surface area (Å²) in [6.07, 6.45) is 2.12. The summed E-state index contributed by atoms with van der Waals surface area (Å²) in [6.45, 7) is 6.77. The Morgan fingerprint density at radius 3 is 2.64 bits per heavy atom. The number of rotatable bonds is 7. The van der Waals surface area contributed by atoms with Crippen molar-refractivity contribution in [1.29, 1.82) is 0 Å². The molecule has 0 aliphatic rings. The molecule has 14 heavy (non-hydrogen) atoms. The number of aliphatic hydroxyl groups is 1. The van der Waals surface area contributed by atoms with E-state index in [-0.39, 0.29) is 23.0 Å². The van der Waals surface area contributed by atoms with Gasteiger partial charge in [0.25, 0.3) is 0 Å². The second-order valence-electron chi connectivity index (χ2n) is 3.42. The van der Waals surface area contributed by atoms with Crippen LogP contribution in [0.3, 0.4) is 0 Å². The summed E-state index contributed by atoms with van der Waals surface area (Å²) in [7, 11) is 0. The standard InChI is InChI=1S/C10H21NO2S/c1-4-5-6-11-10(13)9(3)14-8(2)7-12/h8-9,12H,4-7H2,1-3H3,(H,11,13). The SMILES string of the molecule is CCCCNC(=O)C(C)SC(C)CO. The van der Waals surface area contributed by atoms with Gasteiger partial charge in [0.1, 0.15) is 0 Å². The maximum absolute atomic E-state index is 11.5. The molecule has 0 aromatic rings. The molecule has 2 atom stereocenters. The Labute approximate surface area is 90.7 Å². The highest BCUT2D eigenvalue weighted by atomic mass is 32.2. The van der Waals surface area contributed by atoms with Crippen molar-refractivity contribution in [2.75, 3.05) is 13.2 Å². The van der Waals surface area contributed by atoms with E-state index in [9.17, 15) is 4.79 Å². The summed E-state index contributed by atoms with van der Waals surface area (Å²) in [5, 5.41) is 11.8. The van der Waals surface area contributed by atoms with E-state index < -0.39 is 0 Å². The minimum Gasteiger partial charge on any atom is -0.395 e. The van der Waals surface area contributed by atoms with E-state index in [4.69, 9.17) is 5.11 Å². The highest BCUT2D eigenvalue weighted by Gasteiger charge is 2.15. The zero-order valence-electron chi connectivity index (χ0n) is 9.25. The van der Waals surface area contributed by atoms with Crippen LogP contribution in [0.4, 0.5) is 0 Å². The summed E-state index contributed by atoms with van der Waals surface area (Å²) in [5.41, 5.74) is 0. The molecule has 0 rings (SSSR count). The number of amides is 1. The summed E-state index contributed by atoms with van der Waals surface area (Å²) < 4.78 is 0. The van der Waals surface area contributed by atoms with Gasteiger partial charge in [-0.3, -0.25) is 4.79 Å². The summed E-state index contributed by atoms with van der Waals surface area (Å²) in [5.74, 6) is 0.0729. The average Bonchev–Trinajstić information content (AvgIpc) is 2.17. The van der Waals surface area contributed by atoms with Crippen LogP contribution < -0.4 is 5.32 Å². The molecule has 0 radical (unpaired) electrons. The van der Waals surface area contributed by atoms with E-state index in [2.05, 4.69) is 12.2 Å². The van der Waals surface area contributed by atoms with Crippen molar-refractivity contribution in [2.45, 2.75) is 44.1 Å². The predicted octanol–water partition coefficient (Wildman–Crippen LogP) is 1.41. The van der Waals surface area contributed by atoms with Gasteiger partial charge in [-0.15, -0.1) is 11.8 Å². The first-order valence-electron chi connectivity index (χ1n) is 5.15. The van der Waals surface area contributed by atoms with Gasteiger partial charge in [0.05, 0.1) is 11.9 Å². The molecule has 2 unspecified atom stereocenters. The first-order chi connectivity index (χ1) is 6.61. The van der Waals surface area contributed by atoms with Gasteiger partial charge in [0.15, 0.2) is 0 Å². The lowest BCUT2D eigenvalue weighted by Gasteiger charge is -2.14. The summed E-state index contributed by atoms with van der Waals surface area (Å²) >= 11 is 1.50. The van der Waals surface area contributed by atoms with Crippen molar-refractivity contribution >= 4 is 17.7 Å². The zero-order chi connectivity index (χ0) is 11.0. The summed E-state index contributed by atoms with van der Waals surface area (Å²) in [4.78, 5) is 11.5. The molecule has 0 fully saturated rings. The molecular formula is C10H21NO2S. The molecule has 4 heteroatoms. The van der Waals surface area contributed by atoms with Gasteiger partial charge >= 0.3 is 0 Å². The van der Waals surface area contributed by atoms with E-state index >= 15 is 0 Å². The van der Waals surface area contributed by atoms with Crippen LogP contribution in [0.5, 0.6) is 0 Å². The number of thioether (sulfide) groups is 1. The number of carbonyl (C=O) groups excluding carboxylic acids is 1. The Bertz CT molecular complexity index is 164. The van der Waals surface area contributed by atoms with Crippen LogP contribution in [0.15, 0.2) is 0 Å². The Kier molecular flexibility index (Phi) is 7.99. The second kappa shape index (κ2) is 8.12. The van der Waals surface area contributed by atoms with Gasteiger partial charge in [-0.05, 0) is 13.3 Å². The number of hydrogen-bond acceptors (Lipinski definition) is 3. The van der Waals surface area contributed by atoms with Crippen LogP contribution >= 0.6 is 11.8 Å². The van der Waals surface area contributed by atoms with Crippen LogP contribution in [0.25, 0.3) is 0 Å². The maximum atomic E-state index is 11.5. The highest BCUT2D eigenvalue weighted by molar-refractivity contribution is 8.01. The Hall–Kier alpha value is -0.220. The lowest BCUT2D eigenvalue weighted by Crippen LogP contribution is -2.32. The quantitative estimate of drug-likeness (QED) is 0.636. The predicted molar refractivity (Wildman–Crippen MR) is 61.5 cm³/mol.